The largest absolute Gasteiger partial charge is 0.314 e. The van der Waals surface area contributed by atoms with Gasteiger partial charge in [-0.15, -0.1) is 30.1 Å². The van der Waals surface area contributed by atoms with Crippen LogP contribution in [0.3, 0.4) is 0 Å². The minimum atomic E-state index is -0.307. The zero-order valence-electron chi connectivity index (χ0n) is 12.8. The predicted molar refractivity (Wildman–Crippen MR) is 90.6 cm³/mol. The fraction of sp³-hybridized carbons (Fsp3) is 0.688. The van der Waals surface area contributed by atoms with Crippen molar-refractivity contribution in [2.24, 2.45) is 11.3 Å². The van der Waals surface area contributed by atoms with Gasteiger partial charge in [-0.25, -0.2) is 0 Å². The first-order valence-corrected chi connectivity index (χ1v) is 9.35. The van der Waals surface area contributed by atoms with Gasteiger partial charge in [0.1, 0.15) is 0 Å². The quantitative estimate of drug-likeness (QED) is 0.701. The van der Waals surface area contributed by atoms with Crippen LogP contribution in [-0.4, -0.2) is 28.9 Å². The van der Waals surface area contributed by atoms with Crippen molar-refractivity contribution < 1.29 is 4.79 Å². The summed E-state index contributed by atoms with van der Waals surface area (Å²) in [6, 6.07) is 0. The minimum absolute atomic E-state index is 0.262. The van der Waals surface area contributed by atoms with Crippen LogP contribution >= 0.6 is 23.5 Å². The third kappa shape index (κ3) is 3.45. The molecule has 0 saturated carbocycles. The zero-order valence-corrected chi connectivity index (χ0v) is 14.4. The van der Waals surface area contributed by atoms with Gasteiger partial charge >= 0.3 is 0 Å². The molecule has 1 atom stereocenters. The van der Waals surface area contributed by atoms with E-state index < -0.39 is 0 Å². The maximum Gasteiger partial charge on any atom is 0.232 e. The van der Waals surface area contributed by atoms with Crippen LogP contribution in [-0.2, 0) is 4.79 Å². The molecule has 2 heterocycles. The molecule has 2 nitrogen and oxygen atoms in total. The Morgan fingerprint density at radius 1 is 1.40 bits per heavy atom. The zero-order chi connectivity index (χ0) is 14.8. The van der Waals surface area contributed by atoms with Crippen molar-refractivity contribution in [3.05, 3.63) is 22.6 Å². The number of allylic oxidation sites excluding steroid dienone is 2. The van der Waals surface area contributed by atoms with Crippen molar-refractivity contribution >= 4 is 29.4 Å². The molecule has 0 spiro atoms. The number of hydrogen-bond donors (Lipinski definition) is 0. The molecular weight excluding hydrogens is 286 g/mol. The maximum atomic E-state index is 12.7. The number of thioether (sulfide) groups is 2. The number of nitrogens with zero attached hydrogens (tertiary/aromatic N) is 1. The van der Waals surface area contributed by atoms with Crippen molar-refractivity contribution in [2.45, 2.75) is 40.0 Å². The number of likely N-dealkylation sites (tertiary alicyclic amines) is 1. The highest BCUT2D eigenvalue weighted by molar-refractivity contribution is 8.22. The molecule has 0 bridgehead atoms. The Morgan fingerprint density at radius 2 is 2.05 bits per heavy atom. The summed E-state index contributed by atoms with van der Waals surface area (Å²) in [5.41, 5.74) is 0.985. The maximum absolute atomic E-state index is 12.7. The Balaban J connectivity index is 2.31. The van der Waals surface area contributed by atoms with E-state index in [-0.39, 0.29) is 11.3 Å². The SMILES string of the molecule is C=CCC1CCN(C(=O)C(C)(C)C)C1=C1SCCCS1. The molecule has 2 fully saturated rings. The molecule has 0 aromatic rings. The summed E-state index contributed by atoms with van der Waals surface area (Å²) < 4.78 is 1.39. The van der Waals surface area contributed by atoms with E-state index in [4.69, 9.17) is 0 Å². The van der Waals surface area contributed by atoms with E-state index in [1.54, 1.807) is 0 Å². The van der Waals surface area contributed by atoms with Gasteiger partial charge in [-0.1, -0.05) is 26.8 Å². The standard InChI is InChI=1S/C16H25NOS2/c1-5-7-12-8-9-17(15(18)16(2,3)4)13(12)14-19-10-6-11-20-14/h5,12H,1,6-11H2,2-4H3. The van der Waals surface area contributed by atoms with Crippen molar-refractivity contribution in [2.75, 3.05) is 18.1 Å². The lowest BCUT2D eigenvalue weighted by molar-refractivity contribution is -0.136. The smallest absolute Gasteiger partial charge is 0.232 e. The van der Waals surface area contributed by atoms with Gasteiger partial charge in [0.15, 0.2) is 0 Å². The summed E-state index contributed by atoms with van der Waals surface area (Å²) in [5.74, 6) is 3.11. The lowest BCUT2D eigenvalue weighted by Gasteiger charge is -2.30. The molecule has 2 aliphatic heterocycles. The van der Waals surface area contributed by atoms with E-state index >= 15 is 0 Å². The van der Waals surface area contributed by atoms with Crippen LogP contribution in [0.15, 0.2) is 22.6 Å². The molecule has 2 rings (SSSR count). The number of amides is 1. The molecule has 1 amide bonds. The molecule has 112 valence electrons. The van der Waals surface area contributed by atoms with Gasteiger partial charge in [0.05, 0.1) is 4.24 Å². The summed E-state index contributed by atoms with van der Waals surface area (Å²) >= 11 is 3.87. The molecule has 4 heteroatoms. The molecule has 2 aliphatic rings. The first kappa shape index (κ1) is 16.0. The summed E-state index contributed by atoms with van der Waals surface area (Å²) in [4.78, 5) is 14.8. The number of carbonyl (C=O) groups is 1. The average molecular weight is 312 g/mol. The number of hydrogen-bond acceptors (Lipinski definition) is 3. The van der Waals surface area contributed by atoms with Crippen LogP contribution in [0.4, 0.5) is 0 Å². The number of carbonyl (C=O) groups excluding carboxylic acids is 1. The van der Waals surface area contributed by atoms with Crippen molar-refractivity contribution in [3.63, 3.8) is 0 Å². The highest BCUT2D eigenvalue weighted by Crippen LogP contribution is 2.45. The Hall–Kier alpha value is -0.350. The molecular formula is C16H25NOS2. The fourth-order valence-corrected chi connectivity index (χ4v) is 5.48. The molecule has 0 radical (unpaired) electrons. The highest BCUT2D eigenvalue weighted by atomic mass is 32.2. The predicted octanol–water partition coefficient (Wildman–Crippen LogP) is 4.50. The van der Waals surface area contributed by atoms with Crippen molar-refractivity contribution in [1.82, 2.24) is 4.90 Å². The van der Waals surface area contributed by atoms with Crippen LogP contribution < -0.4 is 0 Å². The molecule has 2 saturated heterocycles. The Kier molecular flexibility index (Phi) is 5.30. The second-order valence-electron chi connectivity index (χ2n) is 6.44. The minimum Gasteiger partial charge on any atom is -0.314 e. The highest BCUT2D eigenvalue weighted by Gasteiger charge is 2.38. The molecule has 0 aliphatic carbocycles. The topological polar surface area (TPSA) is 20.3 Å². The van der Waals surface area contributed by atoms with E-state index in [1.165, 1.54) is 27.9 Å². The van der Waals surface area contributed by atoms with E-state index in [2.05, 4.69) is 11.5 Å². The summed E-state index contributed by atoms with van der Waals surface area (Å²) in [5, 5.41) is 0. The van der Waals surface area contributed by atoms with E-state index in [0.29, 0.717) is 5.92 Å². The molecule has 0 aromatic carbocycles. The lowest BCUT2D eigenvalue weighted by Crippen LogP contribution is -2.37. The molecule has 1 unspecified atom stereocenters. The van der Waals surface area contributed by atoms with Gasteiger partial charge < -0.3 is 4.90 Å². The van der Waals surface area contributed by atoms with Gasteiger partial charge in [0, 0.05) is 23.6 Å². The van der Waals surface area contributed by atoms with E-state index in [9.17, 15) is 4.79 Å². The Labute approximate surface area is 131 Å². The molecule has 0 N–H and O–H groups in total. The van der Waals surface area contributed by atoms with Crippen LogP contribution in [0.25, 0.3) is 0 Å². The van der Waals surface area contributed by atoms with Crippen LogP contribution in [0, 0.1) is 11.3 Å². The van der Waals surface area contributed by atoms with Gasteiger partial charge in [-0.05, 0) is 30.8 Å². The second kappa shape index (κ2) is 6.61. The van der Waals surface area contributed by atoms with Gasteiger partial charge in [-0.3, -0.25) is 4.79 Å². The first-order chi connectivity index (χ1) is 9.45. The Morgan fingerprint density at radius 3 is 2.60 bits per heavy atom. The molecule has 0 aromatic heterocycles. The molecule has 20 heavy (non-hydrogen) atoms. The lowest BCUT2D eigenvalue weighted by atomic mass is 9.94. The van der Waals surface area contributed by atoms with Crippen molar-refractivity contribution in [1.29, 1.82) is 0 Å². The summed E-state index contributed by atoms with van der Waals surface area (Å²) in [6.45, 7) is 10.8. The van der Waals surface area contributed by atoms with Gasteiger partial charge in [0.25, 0.3) is 0 Å². The van der Waals surface area contributed by atoms with Crippen LogP contribution in [0.1, 0.15) is 40.0 Å². The third-order valence-corrected chi connectivity index (χ3v) is 6.32. The third-order valence-electron chi connectivity index (χ3n) is 3.68. The normalized spacial score (nSPS) is 24.1. The fourth-order valence-electron chi connectivity index (χ4n) is 2.66. The van der Waals surface area contributed by atoms with Gasteiger partial charge in [0.2, 0.25) is 5.91 Å². The van der Waals surface area contributed by atoms with E-state index in [0.717, 1.165) is 19.4 Å². The average Bonchev–Trinajstić information content (AvgIpc) is 2.82. The Bertz CT molecular complexity index is 415. The first-order valence-electron chi connectivity index (χ1n) is 7.37. The summed E-state index contributed by atoms with van der Waals surface area (Å²) in [6.07, 6.45) is 5.32. The van der Waals surface area contributed by atoms with Crippen LogP contribution in [0.5, 0.6) is 0 Å². The van der Waals surface area contributed by atoms with E-state index in [1.807, 2.05) is 50.4 Å². The summed E-state index contributed by atoms with van der Waals surface area (Å²) in [7, 11) is 0. The second-order valence-corrected chi connectivity index (χ2v) is 8.91. The van der Waals surface area contributed by atoms with Gasteiger partial charge in [-0.2, -0.15) is 0 Å². The van der Waals surface area contributed by atoms with Crippen molar-refractivity contribution in [3.8, 4) is 0 Å². The monoisotopic (exact) mass is 311 g/mol. The number of rotatable bonds is 2. The van der Waals surface area contributed by atoms with Crippen LogP contribution in [0.2, 0.25) is 0 Å².